The Morgan fingerprint density at radius 1 is 1.30 bits per heavy atom. The minimum absolute atomic E-state index is 0.378. The van der Waals surface area contributed by atoms with Gasteiger partial charge in [0.25, 0.3) is 0 Å². The van der Waals surface area contributed by atoms with E-state index in [9.17, 15) is 0 Å². The van der Waals surface area contributed by atoms with Crippen LogP contribution in [0.15, 0.2) is 30.3 Å². The number of benzene rings is 1. The molecule has 0 amide bonds. The molecule has 0 spiro atoms. The van der Waals surface area contributed by atoms with E-state index in [0.29, 0.717) is 5.54 Å². The lowest BCUT2D eigenvalue weighted by Crippen LogP contribution is -2.52. The minimum atomic E-state index is 0.378. The predicted octanol–water partition coefficient (Wildman–Crippen LogP) is 3.13. The summed E-state index contributed by atoms with van der Waals surface area (Å²) in [6, 6.07) is 11.8. The van der Waals surface area contributed by atoms with Gasteiger partial charge in [0.2, 0.25) is 0 Å². The SMILES string of the molecule is CCCNCC1CC2CCC(Cc3ccccc3)(C1)N2. The zero-order valence-electron chi connectivity index (χ0n) is 12.7. The number of rotatable bonds is 6. The molecule has 2 heteroatoms. The molecular formula is C18H28N2. The minimum Gasteiger partial charge on any atom is -0.316 e. The molecular weight excluding hydrogens is 244 g/mol. The molecule has 3 unspecified atom stereocenters. The van der Waals surface area contributed by atoms with Crippen LogP contribution in [0, 0.1) is 5.92 Å². The van der Waals surface area contributed by atoms with Gasteiger partial charge in [0, 0.05) is 11.6 Å². The van der Waals surface area contributed by atoms with Crippen molar-refractivity contribution in [3.63, 3.8) is 0 Å². The number of fused-ring (bicyclic) bond motifs is 2. The highest BCUT2D eigenvalue weighted by atomic mass is 15.1. The Morgan fingerprint density at radius 2 is 2.15 bits per heavy atom. The van der Waals surface area contributed by atoms with Gasteiger partial charge in [-0.15, -0.1) is 0 Å². The van der Waals surface area contributed by atoms with Crippen LogP contribution in [0.4, 0.5) is 0 Å². The van der Waals surface area contributed by atoms with Gasteiger partial charge in [0.15, 0.2) is 0 Å². The first-order valence-electron chi connectivity index (χ1n) is 8.32. The predicted molar refractivity (Wildman–Crippen MR) is 84.9 cm³/mol. The molecule has 2 heterocycles. The van der Waals surface area contributed by atoms with Crippen molar-refractivity contribution in [3.05, 3.63) is 35.9 Å². The van der Waals surface area contributed by atoms with E-state index in [1.54, 1.807) is 0 Å². The summed E-state index contributed by atoms with van der Waals surface area (Å²) in [4.78, 5) is 0. The number of hydrogen-bond donors (Lipinski definition) is 2. The summed E-state index contributed by atoms with van der Waals surface area (Å²) >= 11 is 0. The van der Waals surface area contributed by atoms with Gasteiger partial charge < -0.3 is 10.6 Å². The summed E-state index contributed by atoms with van der Waals surface area (Å²) in [7, 11) is 0. The van der Waals surface area contributed by atoms with Gasteiger partial charge in [0.05, 0.1) is 0 Å². The maximum absolute atomic E-state index is 3.94. The Labute approximate surface area is 123 Å². The molecule has 0 radical (unpaired) electrons. The molecule has 1 aromatic carbocycles. The molecule has 110 valence electrons. The van der Waals surface area contributed by atoms with Crippen molar-refractivity contribution in [2.45, 2.75) is 57.0 Å². The van der Waals surface area contributed by atoms with Gasteiger partial charge in [-0.3, -0.25) is 0 Å². The van der Waals surface area contributed by atoms with E-state index in [0.717, 1.165) is 12.0 Å². The molecule has 2 saturated heterocycles. The van der Waals surface area contributed by atoms with Crippen LogP contribution in [0.5, 0.6) is 0 Å². The number of piperidine rings is 1. The van der Waals surface area contributed by atoms with Crippen molar-refractivity contribution in [1.82, 2.24) is 10.6 Å². The molecule has 2 nitrogen and oxygen atoms in total. The van der Waals surface area contributed by atoms with Crippen LogP contribution in [0.2, 0.25) is 0 Å². The average molecular weight is 272 g/mol. The first-order valence-corrected chi connectivity index (χ1v) is 8.32. The van der Waals surface area contributed by atoms with Gasteiger partial charge in [-0.05, 0) is 63.1 Å². The summed E-state index contributed by atoms with van der Waals surface area (Å²) in [6.45, 7) is 4.62. The Morgan fingerprint density at radius 3 is 2.95 bits per heavy atom. The molecule has 20 heavy (non-hydrogen) atoms. The Balaban J connectivity index is 1.63. The molecule has 3 atom stereocenters. The number of nitrogens with one attached hydrogen (secondary N) is 2. The second-order valence-electron chi connectivity index (χ2n) is 6.83. The van der Waals surface area contributed by atoms with Crippen molar-refractivity contribution in [2.24, 2.45) is 5.92 Å². The highest BCUT2D eigenvalue weighted by Gasteiger charge is 2.44. The van der Waals surface area contributed by atoms with Crippen LogP contribution in [-0.2, 0) is 6.42 Å². The topological polar surface area (TPSA) is 24.1 Å². The summed E-state index contributed by atoms with van der Waals surface area (Å²) in [6.07, 6.45) is 7.88. The maximum atomic E-state index is 3.94. The summed E-state index contributed by atoms with van der Waals surface area (Å²) < 4.78 is 0. The van der Waals surface area contributed by atoms with E-state index in [2.05, 4.69) is 47.9 Å². The van der Waals surface area contributed by atoms with Crippen LogP contribution in [0.1, 0.15) is 44.6 Å². The first kappa shape index (κ1) is 14.1. The van der Waals surface area contributed by atoms with E-state index in [1.165, 1.54) is 57.2 Å². The van der Waals surface area contributed by atoms with Crippen molar-refractivity contribution < 1.29 is 0 Å². The highest BCUT2D eigenvalue weighted by Crippen LogP contribution is 2.40. The van der Waals surface area contributed by atoms with Gasteiger partial charge in [-0.25, -0.2) is 0 Å². The third kappa shape index (κ3) is 3.24. The fourth-order valence-electron chi connectivity index (χ4n) is 4.24. The Bertz CT molecular complexity index is 417. The highest BCUT2D eigenvalue weighted by molar-refractivity contribution is 5.20. The zero-order chi connectivity index (χ0) is 13.8. The quantitative estimate of drug-likeness (QED) is 0.778. The van der Waals surface area contributed by atoms with Crippen LogP contribution in [0.3, 0.4) is 0 Å². The lowest BCUT2D eigenvalue weighted by molar-refractivity contribution is 0.203. The molecule has 2 fully saturated rings. The smallest absolute Gasteiger partial charge is 0.0228 e. The molecule has 2 aliphatic rings. The fourth-order valence-corrected chi connectivity index (χ4v) is 4.24. The van der Waals surface area contributed by atoms with Crippen LogP contribution in [0.25, 0.3) is 0 Å². The van der Waals surface area contributed by atoms with Crippen LogP contribution >= 0.6 is 0 Å². The Kier molecular flexibility index (Phi) is 4.42. The maximum Gasteiger partial charge on any atom is 0.0228 e. The third-order valence-corrected chi connectivity index (χ3v) is 5.02. The monoisotopic (exact) mass is 272 g/mol. The Hall–Kier alpha value is -0.860. The van der Waals surface area contributed by atoms with Crippen LogP contribution in [-0.4, -0.2) is 24.7 Å². The van der Waals surface area contributed by atoms with E-state index in [-0.39, 0.29) is 0 Å². The van der Waals surface area contributed by atoms with Crippen molar-refractivity contribution in [3.8, 4) is 0 Å². The van der Waals surface area contributed by atoms with Crippen molar-refractivity contribution >= 4 is 0 Å². The largest absolute Gasteiger partial charge is 0.316 e. The number of hydrogen-bond acceptors (Lipinski definition) is 2. The van der Waals surface area contributed by atoms with E-state index in [4.69, 9.17) is 0 Å². The molecule has 0 aliphatic carbocycles. The van der Waals surface area contributed by atoms with E-state index >= 15 is 0 Å². The van der Waals surface area contributed by atoms with Gasteiger partial charge >= 0.3 is 0 Å². The summed E-state index contributed by atoms with van der Waals surface area (Å²) in [5.41, 5.74) is 1.87. The lowest BCUT2D eigenvalue weighted by Gasteiger charge is -2.39. The molecule has 3 rings (SSSR count). The van der Waals surface area contributed by atoms with Crippen molar-refractivity contribution in [1.29, 1.82) is 0 Å². The second kappa shape index (κ2) is 6.28. The lowest BCUT2D eigenvalue weighted by atomic mass is 9.79. The normalized spacial score (nSPS) is 32.5. The zero-order valence-corrected chi connectivity index (χ0v) is 12.7. The molecule has 1 aromatic rings. The van der Waals surface area contributed by atoms with Gasteiger partial charge in [-0.2, -0.15) is 0 Å². The fraction of sp³-hybridized carbons (Fsp3) is 0.667. The first-order chi connectivity index (χ1) is 9.80. The molecule has 2 bridgehead atoms. The van der Waals surface area contributed by atoms with Gasteiger partial charge in [0.1, 0.15) is 0 Å². The third-order valence-electron chi connectivity index (χ3n) is 5.02. The summed E-state index contributed by atoms with van der Waals surface area (Å²) in [5, 5.41) is 7.57. The van der Waals surface area contributed by atoms with E-state index < -0.39 is 0 Å². The molecule has 0 aromatic heterocycles. The van der Waals surface area contributed by atoms with Gasteiger partial charge in [-0.1, -0.05) is 37.3 Å². The molecule has 0 saturated carbocycles. The summed E-state index contributed by atoms with van der Waals surface area (Å²) in [5.74, 6) is 0.860. The van der Waals surface area contributed by atoms with Crippen molar-refractivity contribution in [2.75, 3.05) is 13.1 Å². The van der Waals surface area contributed by atoms with E-state index in [1.807, 2.05) is 0 Å². The van der Waals surface area contributed by atoms with Crippen LogP contribution < -0.4 is 10.6 Å². The standard InChI is InChI=1S/C18H28N2/c1-2-10-19-14-16-11-17-8-9-18(13-16,20-17)12-15-6-4-3-5-7-15/h3-7,16-17,19-20H,2,8-14H2,1H3. The molecule has 2 N–H and O–H groups in total. The average Bonchev–Trinajstić information content (AvgIpc) is 2.75. The molecule has 2 aliphatic heterocycles. The second-order valence-corrected chi connectivity index (χ2v) is 6.83.